The van der Waals surface area contributed by atoms with Crippen LogP contribution in [0.25, 0.3) is 0 Å². The van der Waals surface area contributed by atoms with Crippen molar-refractivity contribution < 1.29 is 14.3 Å². The minimum atomic E-state index is -0.248. The molecule has 0 aromatic carbocycles. The molecule has 0 aromatic rings. The van der Waals surface area contributed by atoms with Gasteiger partial charge in [0.2, 0.25) is 0 Å². The van der Waals surface area contributed by atoms with E-state index in [2.05, 4.69) is 43.3 Å². The van der Waals surface area contributed by atoms with Crippen molar-refractivity contribution in [3.8, 4) is 0 Å². The molecular weight excluding hydrogens is 435 g/mol. The minimum absolute atomic E-state index is 0. The van der Waals surface area contributed by atoms with Gasteiger partial charge in [-0.15, -0.1) is 24.0 Å². The van der Waals surface area contributed by atoms with Crippen LogP contribution < -0.4 is 10.6 Å². The molecule has 1 atom stereocenters. The van der Waals surface area contributed by atoms with E-state index in [1.54, 1.807) is 12.0 Å². The van der Waals surface area contributed by atoms with Crippen molar-refractivity contribution in [3.05, 3.63) is 0 Å². The fraction of sp³-hybridized carbons (Fsp3) is 0.882. The molecule has 1 aliphatic rings. The molecule has 0 radical (unpaired) electrons. The van der Waals surface area contributed by atoms with Crippen LogP contribution in [-0.2, 0) is 9.47 Å². The van der Waals surface area contributed by atoms with Crippen LogP contribution >= 0.6 is 24.0 Å². The van der Waals surface area contributed by atoms with Gasteiger partial charge in [0.05, 0.1) is 19.8 Å². The van der Waals surface area contributed by atoms with Crippen LogP contribution in [0.5, 0.6) is 0 Å². The fourth-order valence-corrected chi connectivity index (χ4v) is 2.73. The third-order valence-corrected chi connectivity index (χ3v) is 4.28. The van der Waals surface area contributed by atoms with Crippen molar-refractivity contribution in [1.82, 2.24) is 15.5 Å². The first-order valence-corrected chi connectivity index (χ1v) is 8.72. The SMILES string of the molecule is CCNC(=NCC(OC)C(C)(C)C)NC1CCN(C(=O)OC)CC1.I. The molecule has 8 heteroatoms. The zero-order valence-corrected chi connectivity index (χ0v) is 18.8. The Bertz CT molecular complexity index is 419. The van der Waals surface area contributed by atoms with E-state index in [1.165, 1.54) is 7.11 Å². The molecule has 0 spiro atoms. The van der Waals surface area contributed by atoms with Crippen LogP contribution in [0.1, 0.15) is 40.5 Å². The van der Waals surface area contributed by atoms with Gasteiger partial charge in [-0.3, -0.25) is 4.99 Å². The van der Waals surface area contributed by atoms with Gasteiger partial charge in [-0.25, -0.2) is 4.79 Å². The number of piperidine rings is 1. The highest BCUT2D eigenvalue weighted by Gasteiger charge is 2.25. The summed E-state index contributed by atoms with van der Waals surface area (Å²) in [7, 11) is 3.15. The molecule has 1 saturated heterocycles. The molecule has 1 heterocycles. The van der Waals surface area contributed by atoms with Crippen LogP contribution in [-0.4, -0.2) is 69.5 Å². The zero-order chi connectivity index (χ0) is 18.2. The summed E-state index contributed by atoms with van der Waals surface area (Å²) in [5.41, 5.74) is 0.0431. The molecule has 25 heavy (non-hydrogen) atoms. The Hall–Kier alpha value is -0.770. The molecule has 2 N–H and O–H groups in total. The molecule has 1 amide bonds. The number of nitrogens with zero attached hydrogens (tertiary/aromatic N) is 2. The molecule has 1 rings (SSSR count). The predicted octanol–water partition coefficient (Wildman–Crippen LogP) is 2.45. The Kier molecular flexibility index (Phi) is 11.4. The monoisotopic (exact) mass is 470 g/mol. The van der Waals surface area contributed by atoms with Crippen LogP contribution in [0.4, 0.5) is 4.79 Å². The number of likely N-dealkylation sites (tertiary alicyclic amines) is 1. The Morgan fingerprint density at radius 3 is 2.32 bits per heavy atom. The number of carbonyl (C=O) groups is 1. The van der Waals surface area contributed by atoms with E-state index in [9.17, 15) is 4.79 Å². The standard InChI is InChI=1S/C17H34N4O3.HI/c1-7-18-15(19-12-14(23-5)17(2,3)4)20-13-8-10-21(11-9-13)16(22)24-6;/h13-14H,7-12H2,1-6H3,(H2,18,19,20);1H. The maximum absolute atomic E-state index is 11.5. The van der Waals surface area contributed by atoms with Crippen LogP contribution in [0.3, 0.4) is 0 Å². The van der Waals surface area contributed by atoms with E-state index < -0.39 is 0 Å². The molecule has 7 nitrogen and oxygen atoms in total. The van der Waals surface area contributed by atoms with Crippen LogP contribution in [0.2, 0.25) is 0 Å². The van der Waals surface area contributed by atoms with Gasteiger partial charge in [0.15, 0.2) is 5.96 Å². The third-order valence-electron chi connectivity index (χ3n) is 4.28. The van der Waals surface area contributed by atoms with E-state index in [0.717, 1.165) is 25.3 Å². The number of halogens is 1. The van der Waals surface area contributed by atoms with Crippen molar-refractivity contribution in [2.75, 3.05) is 40.4 Å². The predicted molar refractivity (Wildman–Crippen MR) is 112 cm³/mol. The largest absolute Gasteiger partial charge is 0.453 e. The highest BCUT2D eigenvalue weighted by molar-refractivity contribution is 14.0. The molecule has 1 fully saturated rings. The summed E-state index contributed by atoms with van der Waals surface area (Å²) in [4.78, 5) is 18.0. The van der Waals surface area contributed by atoms with Gasteiger partial charge in [-0.2, -0.15) is 0 Å². The second-order valence-corrected chi connectivity index (χ2v) is 7.19. The molecule has 1 aliphatic heterocycles. The van der Waals surface area contributed by atoms with Gasteiger partial charge in [0, 0.05) is 32.8 Å². The summed E-state index contributed by atoms with van der Waals surface area (Å²) >= 11 is 0. The number of rotatable bonds is 5. The van der Waals surface area contributed by atoms with Crippen molar-refractivity contribution >= 4 is 36.0 Å². The summed E-state index contributed by atoms with van der Waals surface area (Å²) in [6.45, 7) is 11.3. The fourth-order valence-electron chi connectivity index (χ4n) is 2.73. The number of nitrogens with one attached hydrogen (secondary N) is 2. The molecular formula is C17H35IN4O3. The lowest BCUT2D eigenvalue weighted by Gasteiger charge is -2.32. The van der Waals surface area contributed by atoms with Gasteiger partial charge in [0.1, 0.15) is 0 Å². The number of ether oxygens (including phenoxy) is 2. The smallest absolute Gasteiger partial charge is 0.409 e. The molecule has 0 bridgehead atoms. The number of guanidine groups is 1. The number of hydrogen-bond acceptors (Lipinski definition) is 4. The van der Waals surface area contributed by atoms with Crippen molar-refractivity contribution in [2.24, 2.45) is 10.4 Å². The van der Waals surface area contributed by atoms with Gasteiger partial charge >= 0.3 is 6.09 Å². The summed E-state index contributed by atoms with van der Waals surface area (Å²) in [5.74, 6) is 0.806. The second-order valence-electron chi connectivity index (χ2n) is 7.19. The lowest BCUT2D eigenvalue weighted by Crippen LogP contribution is -2.50. The van der Waals surface area contributed by atoms with Gasteiger partial charge in [-0.05, 0) is 25.2 Å². The zero-order valence-electron chi connectivity index (χ0n) is 16.4. The van der Waals surface area contributed by atoms with Crippen molar-refractivity contribution in [1.29, 1.82) is 0 Å². The van der Waals surface area contributed by atoms with E-state index in [4.69, 9.17) is 9.47 Å². The summed E-state index contributed by atoms with van der Waals surface area (Å²) in [6, 6.07) is 0.305. The average molecular weight is 470 g/mol. The maximum Gasteiger partial charge on any atom is 0.409 e. The summed E-state index contributed by atoms with van der Waals surface area (Å²) in [6.07, 6.45) is 1.58. The first kappa shape index (κ1) is 24.2. The highest BCUT2D eigenvalue weighted by atomic mass is 127. The summed E-state index contributed by atoms with van der Waals surface area (Å²) in [5, 5.41) is 6.75. The average Bonchev–Trinajstić information content (AvgIpc) is 2.54. The number of amides is 1. The first-order chi connectivity index (χ1) is 11.3. The molecule has 148 valence electrons. The Labute approximate surface area is 169 Å². The Morgan fingerprint density at radius 1 is 1.28 bits per heavy atom. The van der Waals surface area contributed by atoms with E-state index in [1.807, 2.05) is 0 Å². The molecule has 0 saturated carbocycles. The number of aliphatic imine (C=N–C) groups is 1. The highest BCUT2D eigenvalue weighted by Crippen LogP contribution is 2.21. The first-order valence-electron chi connectivity index (χ1n) is 8.72. The topological polar surface area (TPSA) is 75.2 Å². The maximum atomic E-state index is 11.5. The van der Waals surface area contributed by atoms with Crippen molar-refractivity contribution in [2.45, 2.75) is 52.7 Å². The minimum Gasteiger partial charge on any atom is -0.453 e. The van der Waals surface area contributed by atoms with Crippen molar-refractivity contribution in [3.63, 3.8) is 0 Å². The Morgan fingerprint density at radius 2 is 1.88 bits per heavy atom. The van der Waals surface area contributed by atoms with E-state index in [0.29, 0.717) is 25.7 Å². The van der Waals surface area contributed by atoms with Gasteiger partial charge < -0.3 is 25.0 Å². The quantitative estimate of drug-likeness (QED) is 0.367. The summed E-state index contributed by atoms with van der Waals surface area (Å²) < 4.78 is 10.3. The van der Waals surface area contributed by atoms with Gasteiger partial charge in [-0.1, -0.05) is 20.8 Å². The second kappa shape index (κ2) is 11.8. The normalized spacial score (nSPS) is 17.5. The van der Waals surface area contributed by atoms with Crippen LogP contribution in [0, 0.1) is 5.41 Å². The van der Waals surface area contributed by atoms with Gasteiger partial charge in [0.25, 0.3) is 0 Å². The lowest BCUT2D eigenvalue weighted by atomic mass is 9.89. The van der Waals surface area contributed by atoms with E-state index in [-0.39, 0.29) is 41.6 Å². The van der Waals surface area contributed by atoms with Crippen LogP contribution in [0.15, 0.2) is 4.99 Å². The number of hydrogen-bond donors (Lipinski definition) is 2. The third kappa shape index (κ3) is 8.44. The molecule has 0 aliphatic carbocycles. The molecule has 1 unspecified atom stereocenters. The number of methoxy groups -OCH3 is 2. The molecule has 0 aromatic heterocycles. The number of carbonyl (C=O) groups excluding carboxylic acids is 1. The lowest BCUT2D eigenvalue weighted by molar-refractivity contribution is 0.0241. The van der Waals surface area contributed by atoms with E-state index >= 15 is 0 Å². The Balaban J connectivity index is 0.00000576.